The van der Waals surface area contributed by atoms with Crippen LogP contribution in [0.4, 0.5) is 0 Å². The van der Waals surface area contributed by atoms with Crippen molar-refractivity contribution in [1.29, 1.82) is 0 Å². The zero-order valence-electron chi connectivity index (χ0n) is 62.4. The minimum absolute atomic E-state index is 0.00494. The van der Waals surface area contributed by atoms with Gasteiger partial charge in [-0.3, -0.25) is 58.1 Å². The minimum atomic E-state index is -1.50. The van der Waals surface area contributed by atoms with Gasteiger partial charge in [0.15, 0.2) is 17.9 Å². The van der Waals surface area contributed by atoms with Crippen LogP contribution in [-0.4, -0.2) is 184 Å². The van der Waals surface area contributed by atoms with Crippen molar-refractivity contribution in [2.45, 2.75) is 192 Å². The molecule has 3 heterocycles. The summed E-state index contributed by atoms with van der Waals surface area (Å²) in [5.74, 6) is -10.3. The molecular formula is C74H111N23O11. The second kappa shape index (κ2) is 42.8. The van der Waals surface area contributed by atoms with Gasteiger partial charge in [-0.1, -0.05) is 103 Å². The molecule has 34 heteroatoms. The Balaban J connectivity index is 1.34. The van der Waals surface area contributed by atoms with Crippen LogP contribution in [0.5, 0.6) is 0 Å². The Morgan fingerprint density at radius 3 is 1.07 bits per heavy atom. The summed E-state index contributed by atoms with van der Waals surface area (Å²) < 4.78 is 0. The molecule has 0 fully saturated rings. The minimum Gasteiger partial charge on any atom is -0.480 e. The maximum atomic E-state index is 15.5. The van der Waals surface area contributed by atoms with E-state index in [1.54, 1.807) is 52.4 Å². The number of amides is 9. The Morgan fingerprint density at radius 2 is 0.722 bits per heavy atom. The summed E-state index contributed by atoms with van der Waals surface area (Å²) in [5.41, 5.74) is 49.6. The number of benzene rings is 3. The Kier molecular flexibility index (Phi) is 33.9. The van der Waals surface area contributed by atoms with Crippen LogP contribution in [0.25, 0.3) is 32.7 Å². The van der Waals surface area contributed by atoms with Crippen molar-refractivity contribution >= 4 is 110 Å². The van der Waals surface area contributed by atoms with Crippen molar-refractivity contribution in [3.05, 3.63) is 108 Å². The molecule has 0 unspecified atom stereocenters. The highest BCUT2D eigenvalue weighted by molar-refractivity contribution is 6.00. The molecule has 0 saturated carbocycles. The number of nitrogens with two attached hydrogens (primary N) is 8. The monoisotopic (exact) mass is 1500 g/mol. The number of hydrogen-bond donors (Lipinski definition) is 21. The topological polar surface area (TPSA) is 592 Å². The van der Waals surface area contributed by atoms with Gasteiger partial charge in [0.2, 0.25) is 53.2 Å². The lowest BCUT2D eigenvalue weighted by atomic mass is 9.95. The van der Waals surface area contributed by atoms with E-state index >= 15 is 19.2 Å². The zero-order chi connectivity index (χ0) is 79.1. The number of aromatic nitrogens is 3. The maximum Gasteiger partial charge on any atom is 0.326 e. The van der Waals surface area contributed by atoms with Crippen LogP contribution in [0.3, 0.4) is 0 Å². The van der Waals surface area contributed by atoms with Crippen LogP contribution in [0.1, 0.15) is 129 Å². The number of hydrogen-bond acceptors (Lipinski definition) is 15. The molecule has 0 saturated heterocycles. The first-order valence-electron chi connectivity index (χ1n) is 36.7. The van der Waals surface area contributed by atoms with E-state index in [4.69, 9.17) is 45.9 Å². The fraction of sp³-hybridized carbons (Fsp3) is 0.500. The third kappa shape index (κ3) is 26.6. The summed E-state index contributed by atoms with van der Waals surface area (Å²) in [6, 6.07) is 8.40. The number of rotatable bonds is 46. The molecular weight excluding hydrogens is 1390 g/mol. The van der Waals surface area contributed by atoms with Gasteiger partial charge < -0.3 is 114 Å². The fourth-order valence-corrected chi connectivity index (χ4v) is 12.4. The molecule has 3 aromatic carbocycles. The number of para-hydroxylation sites is 3. The molecule has 0 bridgehead atoms. The number of aromatic amines is 3. The van der Waals surface area contributed by atoms with Crippen LogP contribution < -0.4 is 93.7 Å². The fourth-order valence-electron chi connectivity index (χ4n) is 12.4. The van der Waals surface area contributed by atoms with Crippen molar-refractivity contribution in [1.82, 2.24) is 62.8 Å². The van der Waals surface area contributed by atoms with E-state index < -0.39 is 125 Å². The molecule has 6 rings (SSSR count). The molecule has 0 aliphatic carbocycles. The first kappa shape index (κ1) is 85.6. The zero-order valence-corrected chi connectivity index (χ0v) is 62.4. The van der Waals surface area contributed by atoms with Crippen LogP contribution in [0, 0.1) is 17.8 Å². The van der Waals surface area contributed by atoms with Crippen LogP contribution >= 0.6 is 0 Å². The Labute approximate surface area is 627 Å². The second-order valence-corrected chi connectivity index (χ2v) is 27.9. The number of H-pyrrole nitrogens is 3. The SMILES string of the molecule is CC[C@H](C)[C@H](NC(=O)[C@H](Cc1c[nH]c2ccccc12)NC(=O)[C@H](CCCN=C(N)N)NC(=O)[C@H](CCCN=C(N)N)NC(=O)[C@H](CCCN=C(N)N)NC(=O)[C@@H](N)C(C)C)C(=O)N[C@@H](Cc1c[nH]c2ccccc12)C(=O)N[C@@H](CC(C)C)C(=O)N[C@@H](Cc1c[nH]c2ccccc12)C(=O)N[C@@H](CCCCN)C(=O)O. The van der Waals surface area contributed by atoms with Gasteiger partial charge in [-0.2, -0.15) is 0 Å². The van der Waals surface area contributed by atoms with Crippen LogP contribution in [-0.2, 0) is 67.2 Å². The van der Waals surface area contributed by atoms with Gasteiger partial charge in [0, 0.05) is 90.2 Å². The van der Waals surface area contributed by atoms with Gasteiger partial charge >= 0.3 is 5.97 Å². The normalized spacial score (nSPS) is 14.4. The van der Waals surface area contributed by atoms with E-state index in [0.717, 1.165) is 21.8 Å². The van der Waals surface area contributed by atoms with Crippen molar-refractivity contribution < 1.29 is 53.1 Å². The van der Waals surface area contributed by atoms with E-state index in [9.17, 15) is 33.9 Å². The highest BCUT2D eigenvalue weighted by Gasteiger charge is 2.38. The Bertz CT molecular complexity index is 4100. The van der Waals surface area contributed by atoms with Gasteiger partial charge in [-0.15, -0.1) is 0 Å². The molecule has 9 amide bonds. The van der Waals surface area contributed by atoms with E-state index in [1.165, 1.54) is 0 Å². The third-order valence-corrected chi connectivity index (χ3v) is 18.6. The average molecular weight is 1500 g/mol. The lowest BCUT2D eigenvalue weighted by Crippen LogP contribution is -2.62. The highest BCUT2D eigenvalue weighted by atomic mass is 16.4. The number of carbonyl (C=O) groups is 10. The van der Waals surface area contributed by atoms with Gasteiger partial charge in [0.05, 0.1) is 6.04 Å². The summed E-state index contributed by atoms with van der Waals surface area (Å²) >= 11 is 0. The van der Waals surface area contributed by atoms with Gasteiger partial charge in [-0.25, -0.2) is 4.79 Å². The number of carbonyl (C=O) groups excluding carboxylic acids is 9. The van der Waals surface area contributed by atoms with E-state index in [0.29, 0.717) is 53.4 Å². The molecule has 0 radical (unpaired) electrons. The van der Waals surface area contributed by atoms with Crippen LogP contribution in [0.15, 0.2) is 106 Å². The first-order chi connectivity index (χ1) is 51.5. The maximum absolute atomic E-state index is 15.5. The van der Waals surface area contributed by atoms with E-state index in [-0.39, 0.29) is 120 Å². The standard InChI is InChI=1S/C74H111N23O11/c1-7-42(6)61(70(106)96-58(35-44-38-87-50-23-12-9-20-47(44)50)67(103)93-56(33-40(2)3)65(101)95-57(34-43-37-86-49-22-11-8-19-46(43)49)66(102)92-55(71(107)108)25-14-15-29-75)97-68(104)59(36-45-39-88-51-24-13-10-21-48(45)51)94-64(100)53(27-17-31-84-73(79)80)90-62(98)52(26-16-30-83-72(77)78)89-63(99)54(28-18-32-85-74(81)82)91-69(105)60(76)41(4)5/h8-13,19-24,37-42,52-61,86-88H,7,14-18,25-36,75-76H2,1-6H3,(H,89,99)(H,90,98)(H,91,105)(H,92,102)(H,93,103)(H,94,100)(H,95,101)(H,96,106)(H,97,104)(H,107,108)(H4,77,78,83)(H4,79,80,84)(H4,81,82,85)/t42-,52-,53-,54-,55-,56-,57-,58-,59-,60-,61-/m0/s1. The smallest absolute Gasteiger partial charge is 0.326 e. The Morgan fingerprint density at radius 1 is 0.407 bits per heavy atom. The molecule has 0 aliphatic rings. The highest BCUT2D eigenvalue weighted by Crippen LogP contribution is 2.24. The number of carboxylic acids is 1. The van der Waals surface area contributed by atoms with Gasteiger partial charge in [0.1, 0.15) is 54.4 Å². The predicted octanol–water partition coefficient (Wildman–Crippen LogP) is -0.0285. The molecule has 0 spiro atoms. The average Bonchev–Trinajstić information content (AvgIpc) is 1.59. The molecule has 34 nitrogen and oxygen atoms in total. The second-order valence-electron chi connectivity index (χ2n) is 27.9. The number of nitrogens with one attached hydrogen (secondary N) is 12. The largest absolute Gasteiger partial charge is 0.480 e. The van der Waals surface area contributed by atoms with E-state index in [2.05, 4.69) is 77.8 Å². The number of guanidine groups is 3. The molecule has 29 N–H and O–H groups in total. The van der Waals surface area contributed by atoms with Gasteiger partial charge in [-0.05, 0) is 123 Å². The summed E-state index contributed by atoms with van der Waals surface area (Å²) in [4.78, 5) is 167. The molecule has 0 aliphatic heterocycles. The predicted molar refractivity (Wildman–Crippen MR) is 415 cm³/mol. The molecule has 3 aromatic heterocycles. The number of nitrogens with zero attached hydrogens (tertiary/aromatic N) is 3. The van der Waals surface area contributed by atoms with E-state index in [1.807, 2.05) is 80.6 Å². The number of unbranched alkanes of at least 4 members (excludes halogenated alkanes) is 1. The number of aliphatic imine (C=N–C) groups is 3. The van der Waals surface area contributed by atoms with Gasteiger partial charge in [0.25, 0.3) is 0 Å². The summed E-state index contributed by atoms with van der Waals surface area (Å²) in [6.45, 7) is 11.1. The quantitative estimate of drug-likeness (QED) is 0.0136. The van der Waals surface area contributed by atoms with Crippen LogP contribution in [0.2, 0.25) is 0 Å². The third-order valence-electron chi connectivity index (χ3n) is 18.6. The summed E-state index contributed by atoms with van der Waals surface area (Å²) in [6.07, 6.45) is 6.19. The number of carboxylic acid groups (broad SMARTS) is 1. The Hall–Kier alpha value is -11.3. The lowest BCUT2D eigenvalue weighted by molar-refractivity contribution is -0.142. The molecule has 108 heavy (non-hydrogen) atoms. The summed E-state index contributed by atoms with van der Waals surface area (Å²) in [7, 11) is 0. The number of aliphatic carboxylic acids is 1. The lowest BCUT2D eigenvalue weighted by Gasteiger charge is -2.30. The number of fused-ring (bicyclic) bond motifs is 3. The first-order valence-corrected chi connectivity index (χ1v) is 36.7. The van der Waals surface area contributed by atoms with Crippen molar-refractivity contribution in [2.75, 3.05) is 26.2 Å². The molecule has 6 aromatic rings. The molecule has 588 valence electrons. The van der Waals surface area contributed by atoms with Crippen molar-refractivity contribution in [3.8, 4) is 0 Å². The van der Waals surface area contributed by atoms with Crippen molar-refractivity contribution in [3.63, 3.8) is 0 Å². The molecule has 11 atom stereocenters. The summed E-state index contributed by atoms with van der Waals surface area (Å²) in [5, 5.41) is 37.6. The van der Waals surface area contributed by atoms with Crippen molar-refractivity contribution in [2.24, 2.45) is 78.6 Å².